The number of hydrogen-bond donors (Lipinski definition) is 1. The van der Waals surface area contributed by atoms with E-state index in [1.807, 2.05) is 0 Å². The van der Waals surface area contributed by atoms with Gasteiger partial charge in [0.25, 0.3) is 5.91 Å². The molecule has 1 N–H and O–H groups in total. The second kappa shape index (κ2) is 9.02. The van der Waals surface area contributed by atoms with Gasteiger partial charge in [0, 0.05) is 31.8 Å². The van der Waals surface area contributed by atoms with Crippen LogP contribution in [0.2, 0.25) is 5.02 Å². The van der Waals surface area contributed by atoms with Crippen LogP contribution >= 0.6 is 27.5 Å². The van der Waals surface area contributed by atoms with Crippen LogP contribution in [0.3, 0.4) is 0 Å². The first-order valence-electron chi connectivity index (χ1n) is 6.42. The van der Waals surface area contributed by atoms with Crippen LogP contribution in [0.4, 0.5) is 0 Å². The first kappa shape index (κ1) is 17.9. The van der Waals surface area contributed by atoms with Crippen molar-refractivity contribution in [1.82, 2.24) is 10.2 Å². The second-order valence-electron chi connectivity index (χ2n) is 4.46. The molecular formula is C14H18BrClN2O3. The van der Waals surface area contributed by atoms with Crippen LogP contribution in [0, 0.1) is 0 Å². The quantitative estimate of drug-likeness (QED) is 0.742. The van der Waals surface area contributed by atoms with Gasteiger partial charge in [0.05, 0.1) is 17.1 Å². The molecule has 0 fully saturated rings. The van der Waals surface area contributed by atoms with E-state index in [4.69, 9.17) is 16.3 Å². The highest BCUT2D eigenvalue weighted by Crippen LogP contribution is 2.26. The molecule has 0 saturated carbocycles. The van der Waals surface area contributed by atoms with Crippen molar-refractivity contribution >= 4 is 39.3 Å². The van der Waals surface area contributed by atoms with E-state index in [9.17, 15) is 9.59 Å². The Morgan fingerprint density at radius 1 is 1.43 bits per heavy atom. The third-order valence-corrected chi connectivity index (χ3v) is 4.05. The lowest BCUT2D eigenvalue weighted by Crippen LogP contribution is -2.38. The molecule has 0 aliphatic rings. The van der Waals surface area contributed by atoms with Crippen LogP contribution in [-0.4, -0.2) is 50.6 Å². The summed E-state index contributed by atoms with van der Waals surface area (Å²) in [5, 5.41) is 3.07. The molecule has 21 heavy (non-hydrogen) atoms. The van der Waals surface area contributed by atoms with E-state index in [-0.39, 0.29) is 18.4 Å². The zero-order chi connectivity index (χ0) is 15.8. The summed E-state index contributed by atoms with van der Waals surface area (Å²) < 4.78 is 5.54. The Morgan fingerprint density at radius 3 is 2.81 bits per heavy atom. The number of carbonyl (C=O) groups is 2. The lowest BCUT2D eigenvalue weighted by atomic mass is 10.2. The molecule has 116 valence electrons. The lowest BCUT2D eigenvalue weighted by Gasteiger charge is -2.17. The highest BCUT2D eigenvalue weighted by Gasteiger charge is 2.18. The largest absolute Gasteiger partial charge is 0.385 e. The molecule has 0 bridgehead atoms. The van der Waals surface area contributed by atoms with Crippen molar-refractivity contribution < 1.29 is 14.3 Å². The van der Waals surface area contributed by atoms with Gasteiger partial charge in [-0.3, -0.25) is 9.59 Å². The molecule has 1 rings (SSSR count). The Bertz CT molecular complexity index is 511. The average molecular weight is 378 g/mol. The summed E-state index contributed by atoms with van der Waals surface area (Å²) >= 11 is 9.35. The molecule has 0 heterocycles. The first-order chi connectivity index (χ1) is 9.97. The zero-order valence-electron chi connectivity index (χ0n) is 12.0. The first-order valence-corrected chi connectivity index (χ1v) is 7.59. The lowest BCUT2D eigenvalue weighted by molar-refractivity contribution is -0.121. The van der Waals surface area contributed by atoms with E-state index in [2.05, 4.69) is 21.2 Å². The highest BCUT2D eigenvalue weighted by atomic mass is 79.9. The Kier molecular flexibility index (Phi) is 7.71. The normalized spacial score (nSPS) is 10.3. The fourth-order valence-electron chi connectivity index (χ4n) is 1.66. The number of likely N-dealkylation sites (N-methyl/N-ethyl adjacent to an activating group) is 1. The molecule has 0 aromatic heterocycles. The minimum absolute atomic E-state index is 0.0192. The Morgan fingerprint density at radius 2 is 2.14 bits per heavy atom. The summed E-state index contributed by atoms with van der Waals surface area (Å²) in [5.41, 5.74) is 0.362. The van der Waals surface area contributed by atoms with Crippen molar-refractivity contribution in [3.05, 3.63) is 33.3 Å². The van der Waals surface area contributed by atoms with Crippen molar-refractivity contribution in [1.29, 1.82) is 0 Å². The number of rotatable bonds is 7. The number of benzene rings is 1. The molecule has 2 amide bonds. The molecule has 5 nitrogen and oxygen atoms in total. The summed E-state index contributed by atoms with van der Waals surface area (Å²) in [6, 6.07) is 5.10. The topological polar surface area (TPSA) is 58.6 Å². The molecular weight excluding hydrogens is 360 g/mol. The Hall–Kier alpha value is -1.11. The van der Waals surface area contributed by atoms with Gasteiger partial charge < -0.3 is 15.0 Å². The van der Waals surface area contributed by atoms with Crippen LogP contribution in [0.5, 0.6) is 0 Å². The predicted octanol–water partition coefficient (Wildman–Crippen LogP) is 2.33. The van der Waals surface area contributed by atoms with E-state index in [0.717, 1.165) is 6.42 Å². The highest BCUT2D eigenvalue weighted by molar-refractivity contribution is 9.10. The van der Waals surface area contributed by atoms with Crippen molar-refractivity contribution in [2.24, 2.45) is 0 Å². The van der Waals surface area contributed by atoms with E-state index in [1.54, 1.807) is 32.4 Å². The number of ether oxygens (including phenoxy) is 1. The number of hydrogen-bond acceptors (Lipinski definition) is 3. The zero-order valence-corrected chi connectivity index (χ0v) is 14.3. The van der Waals surface area contributed by atoms with Crippen LogP contribution in [0.15, 0.2) is 22.7 Å². The molecule has 0 spiro atoms. The molecule has 0 aliphatic carbocycles. The third kappa shape index (κ3) is 5.65. The summed E-state index contributed by atoms with van der Waals surface area (Å²) in [6.07, 6.45) is 0.733. The van der Waals surface area contributed by atoms with E-state index < -0.39 is 0 Å². The maximum absolute atomic E-state index is 12.3. The smallest absolute Gasteiger partial charge is 0.255 e. The van der Waals surface area contributed by atoms with Crippen molar-refractivity contribution in [2.45, 2.75) is 6.42 Å². The van der Waals surface area contributed by atoms with Crippen molar-refractivity contribution in [2.75, 3.05) is 33.9 Å². The number of amides is 2. The van der Waals surface area contributed by atoms with Crippen LogP contribution in [0.25, 0.3) is 0 Å². The van der Waals surface area contributed by atoms with Gasteiger partial charge in [0.15, 0.2) is 0 Å². The number of nitrogens with one attached hydrogen (secondary N) is 1. The second-order valence-corrected chi connectivity index (χ2v) is 5.69. The van der Waals surface area contributed by atoms with Gasteiger partial charge in [-0.2, -0.15) is 0 Å². The monoisotopic (exact) mass is 376 g/mol. The summed E-state index contributed by atoms with van der Waals surface area (Å²) in [7, 11) is 3.17. The fourth-order valence-corrected chi connectivity index (χ4v) is 2.24. The SMILES string of the molecule is COCCCNC(=O)CN(C)C(=O)c1cccc(Br)c1Cl. The molecule has 0 unspecified atom stereocenters. The average Bonchev–Trinajstić information content (AvgIpc) is 2.45. The molecule has 1 aromatic rings. The standard InChI is InChI=1S/C14H18BrClN2O3/c1-18(9-12(19)17-7-4-8-21-2)14(20)10-5-3-6-11(15)13(10)16/h3,5-6H,4,7-9H2,1-2H3,(H,17,19). The van der Waals surface area contributed by atoms with Gasteiger partial charge in [-0.05, 0) is 34.5 Å². The van der Waals surface area contributed by atoms with Gasteiger partial charge in [0.1, 0.15) is 0 Å². The van der Waals surface area contributed by atoms with Gasteiger partial charge in [-0.15, -0.1) is 0 Å². The van der Waals surface area contributed by atoms with Gasteiger partial charge in [0.2, 0.25) is 5.91 Å². The summed E-state index contributed by atoms with van der Waals surface area (Å²) in [6.45, 7) is 1.09. The van der Waals surface area contributed by atoms with Gasteiger partial charge in [-0.1, -0.05) is 17.7 Å². The minimum Gasteiger partial charge on any atom is -0.385 e. The molecule has 0 saturated heterocycles. The van der Waals surface area contributed by atoms with Crippen LogP contribution < -0.4 is 5.32 Å². The molecule has 0 atom stereocenters. The number of halogens is 2. The predicted molar refractivity (Wildman–Crippen MR) is 85.6 cm³/mol. The van der Waals surface area contributed by atoms with Gasteiger partial charge in [-0.25, -0.2) is 0 Å². The number of nitrogens with zero attached hydrogens (tertiary/aromatic N) is 1. The maximum atomic E-state index is 12.3. The summed E-state index contributed by atoms with van der Waals surface area (Å²) in [5.74, 6) is -0.513. The molecule has 0 radical (unpaired) electrons. The molecule has 0 aliphatic heterocycles. The molecule has 1 aromatic carbocycles. The fraction of sp³-hybridized carbons (Fsp3) is 0.429. The molecule has 7 heteroatoms. The van der Waals surface area contributed by atoms with Crippen LogP contribution in [0.1, 0.15) is 16.8 Å². The Balaban J connectivity index is 2.55. The maximum Gasteiger partial charge on any atom is 0.255 e. The number of carbonyl (C=O) groups excluding carboxylic acids is 2. The van der Waals surface area contributed by atoms with Crippen molar-refractivity contribution in [3.8, 4) is 0 Å². The minimum atomic E-state index is -0.298. The summed E-state index contributed by atoms with van der Waals surface area (Å²) in [4.78, 5) is 25.3. The third-order valence-electron chi connectivity index (χ3n) is 2.76. The van der Waals surface area contributed by atoms with Crippen molar-refractivity contribution in [3.63, 3.8) is 0 Å². The van der Waals surface area contributed by atoms with E-state index in [0.29, 0.717) is 28.2 Å². The van der Waals surface area contributed by atoms with E-state index in [1.165, 1.54) is 4.90 Å². The number of methoxy groups -OCH3 is 1. The Labute approximate surface area is 137 Å². The van der Waals surface area contributed by atoms with E-state index >= 15 is 0 Å². The van der Waals surface area contributed by atoms with Crippen LogP contribution in [-0.2, 0) is 9.53 Å². The van der Waals surface area contributed by atoms with Gasteiger partial charge >= 0.3 is 0 Å².